The minimum atomic E-state index is 0.588. The van der Waals surface area contributed by atoms with Gasteiger partial charge in [0.25, 0.3) is 0 Å². The number of piperazine rings is 1. The summed E-state index contributed by atoms with van der Waals surface area (Å²) in [6.45, 7) is 8.81. The van der Waals surface area contributed by atoms with Crippen LogP contribution >= 0.6 is 0 Å². The first-order valence-electron chi connectivity index (χ1n) is 6.58. The highest BCUT2D eigenvalue weighted by Gasteiger charge is 2.31. The Morgan fingerprint density at radius 1 is 1.18 bits per heavy atom. The van der Waals surface area contributed by atoms with Gasteiger partial charge in [-0.15, -0.1) is 0 Å². The van der Waals surface area contributed by atoms with E-state index in [0.29, 0.717) is 11.8 Å². The predicted molar refractivity (Wildman–Crippen MR) is 68.6 cm³/mol. The van der Waals surface area contributed by atoms with Gasteiger partial charge >= 0.3 is 0 Å². The molecule has 4 nitrogen and oxygen atoms in total. The van der Waals surface area contributed by atoms with Crippen LogP contribution in [0, 0.1) is 0 Å². The molecule has 2 atom stereocenters. The normalized spacial score (nSPS) is 28.2. The van der Waals surface area contributed by atoms with E-state index in [2.05, 4.69) is 34.0 Å². The molecular formula is C13H20N4. The number of hydrogen-bond acceptors (Lipinski definition) is 4. The Labute approximate surface area is 102 Å². The van der Waals surface area contributed by atoms with E-state index in [1.165, 1.54) is 23.5 Å². The molecule has 1 saturated heterocycles. The first-order valence-corrected chi connectivity index (χ1v) is 6.58. The third kappa shape index (κ3) is 1.80. The first-order chi connectivity index (χ1) is 8.27. The lowest BCUT2D eigenvalue weighted by molar-refractivity contribution is 0.580. The van der Waals surface area contributed by atoms with E-state index in [-0.39, 0.29) is 0 Å². The fourth-order valence-corrected chi connectivity index (χ4v) is 3.15. The van der Waals surface area contributed by atoms with Crippen molar-refractivity contribution in [2.24, 2.45) is 0 Å². The van der Waals surface area contributed by atoms with Crippen molar-refractivity contribution in [3.05, 3.63) is 17.6 Å². The van der Waals surface area contributed by atoms with Crippen molar-refractivity contribution >= 4 is 5.82 Å². The summed E-state index contributed by atoms with van der Waals surface area (Å²) in [6, 6.07) is 0. The van der Waals surface area contributed by atoms with Crippen LogP contribution < -0.4 is 10.2 Å². The molecule has 1 aromatic heterocycles. The molecule has 1 aromatic rings. The number of rotatable bonds is 1. The number of nitrogens with zero attached hydrogens (tertiary/aromatic N) is 3. The fraction of sp³-hybridized carbons (Fsp3) is 0.692. The highest BCUT2D eigenvalue weighted by Crippen LogP contribution is 2.43. The van der Waals surface area contributed by atoms with Crippen LogP contribution in [0.1, 0.15) is 43.4 Å². The van der Waals surface area contributed by atoms with Gasteiger partial charge in [0.1, 0.15) is 12.1 Å². The maximum absolute atomic E-state index is 4.55. The lowest BCUT2D eigenvalue weighted by Crippen LogP contribution is -2.44. The topological polar surface area (TPSA) is 41.1 Å². The lowest BCUT2D eigenvalue weighted by Gasteiger charge is -2.30. The Hall–Kier alpha value is -1.16. The standard InChI is InChI=1S/C13H20N4/c1-9-7-10(2)12-11(9)13(16-8-15-12)17-5-3-14-4-6-17/h8-10,14H,3-7H2,1-2H3/t9-,10?/m1/s1. The highest BCUT2D eigenvalue weighted by molar-refractivity contribution is 5.53. The second-order valence-corrected chi connectivity index (χ2v) is 5.27. The van der Waals surface area contributed by atoms with Crippen LogP contribution in [-0.2, 0) is 0 Å². The second-order valence-electron chi connectivity index (χ2n) is 5.27. The van der Waals surface area contributed by atoms with Crippen molar-refractivity contribution in [2.75, 3.05) is 31.1 Å². The summed E-state index contributed by atoms with van der Waals surface area (Å²) in [7, 11) is 0. The van der Waals surface area contributed by atoms with E-state index >= 15 is 0 Å². The Morgan fingerprint density at radius 2 is 1.94 bits per heavy atom. The van der Waals surface area contributed by atoms with Crippen LogP contribution in [-0.4, -0.2) is 36.1 Å². The van der Waals surface area contributed by atoms with Crippen LogP contribution in [0.3, 0.4) is 0 Å². The molecule has 92 valence electrons. The zero-order valence-electron chi connectivity index (χ0n) is 10.6. The van der Waals surface area contributed by atoms with Crippen LogP contribution in [0.2, 0.25) is 0 Å². The fourth-order valence-electron chi connectivity index (χ4n) is 3.15. The Balaban J connectivity index is 2.00. The third-order valence-electron chi connectivity index (χ3n) is 3.98. The first kappa shape index (κ1) is 11.0. The molecule has 2 aliphatic rings. The zero-order chi connectivity index (χ0) is 11.8. The van der Waals surface area contributed by atoms with E-state index < -0.39 is 0 Å². The monoisotopic (exact) mass is 232 g/mol. The van der Waals surface area contributed by atoms with Crippen LogP contribution in [0.25, 0.3) is 0 Å². The van der Waals surface area contributed by atoms with Gasteiger partial charge in [-0.05, 0) is 18.3 Å². The molecule has 4 heteroatoms. The molecule has 1 aliphatic heterocycles. The van der Waals surface area contributed by atoms with E-state index in [9.17, 15) is 0 Å². The molecular weight excluding hydrogens is 212 g/mol. The van der Waals surface area contributed by atoms with Crippen molar-refractivity contribution in [2.45, 2.75) is 32.1 Å². The molecule has 0 saturated carbocycles. The Kier molecular flexibility index (Phi) is 2.74. The van der Waals surface area contributed by atoms with Crippen molar-refractivity contribution in [3.63, 3.8) is 0 Å². The zero-order valence-corrected chi connectivity index (χ0v) is 10.6. The number of fused-ring (bicyclic) bond motifs is 1. The molecule has 1 N–H and O–H groups in total. The molecule has 0 spiro atoms. The van der Waals surface area contributed by atoms with Crippen LogP contribution in [0.4, 0.5) is 5.82 Å². The van der Waals surface area contributed by atoms with E-state index in [1.807, 2.05) is 0 Å². The maximum Gasteiger partial charge on any atom is 0.135 e. The van der Waals surface area contributed by atoms with E-state index in [4.69, 9.17) is 0 Å². The van der Waals surface area contributed by atoms with Crippen molar-refractivity contribution in [3.8, 4) is 0 Å². The van der Waals surface area contributed by atoms with Gasteiger partial charge in [0.15, 0.2) is 0 Å². The number of aromatic nitrogens is 2. The number of hydrogen-bond donors (Lipinski definition) is 1. The van der Waals surface area contributed by atoms with E-state index in [0.717, 1.165) is 26.2 Å². The van der Waals surface area contributed by atoms with Gasteiger partial charge in [-0.25, -0.2) is 9.97 Å². The molecule has 2 heterocycles. The second kappa shape index (κ2) is 4.26. The summed E-state index contributed by atoms with van der Waals surface area (Å²) in [5, 5.41) is 3.39. The van der Waals surface area contributed by atoms with Gasteiger partial charge in [-0.3, -0.25) is 0 Å². The average molecular weight is 232 g/mol. The molecule has 1 aliphatic carbocycles. The molecule has 1 fully saturated rings. The lowest BCUT2D eigenvalue weighted by atomic mass is 10.0. The summed E-state index contributed by atoms with van der Waals surface area (Å²) in [4.78, 5) is 11.4. The molecule has 3 rings (SSSR count). The Morgan fingerprint density at radius 3 is 2.71 bits per heavy atom. The van der Waals surface area contributed by atoms with Gasteiger partial charge < -0.3 is 10.2 Å². The van der Waals surface area contributed by atoms with Gasteiger partial charge in [0, 0.05) is 31.7 Å². The number of anilines is 1. The quantitative estimate of drug-likeness (QED) is 0.796. The van der Waals surface area contributed by atoms with Crippen molar-refractivity contribution in [1.82, 2.24) is 15.3 Å². The van der Waals surface area contributed by atoms with Gasteiger partial charge in [0.05, 0.1) is 5.69 Å². The summed E-state index contributed by atoms with van der Waals surface area (Å²) in [5.74, 6) is 2.38. The summed E-state index contributed by atoms with van der Waals surface area (Å²) < 4.78 is 0. The van der Waals surface area contributed by atoms with Crippen molar-refractivity contribution in [1.29, 1.82) is 0 Å². The largest absolute Gasteiger partial charge is 0.354 e. The predicted octanol–water partition coefficient (Wildman–Crippen LogP) is 1.50. The summed E-state index contributed by atoms with van der Waals surface area (Å²) in [6.07, 6.45) is 2.96. The third-order valence-corrected chi connectivity index (χ3v) is 3.98. The Bertz CT molecular complexity index is 412. The van der Waals surface area contributed by atoms with E-state index in [1.54, 1.807) is 6.33 Å². The molecule has 17 heavy (non-hydrogen) atoms. The average Bonchev–Trinajstić information content (AvgIpc) is 2.66. The highest BCUT2D eigenvalue weighted by atomic mass is 15.2. The molecule has 1 unspecified atom stereocenters. The summed E-state index contributed by atoms with van der Waals surface area (Å²) in [5.41, 5.74) is 2.68. The minimum absolute atomic E-state index is 0.588. The van der Waals surface area contributed by atoms with Crippen LogP contribution in [0.5, 0.6) is 0 Å². The number of nitrogens with one attached hydrogen (secondary N) is 1. The van der Waals surface area contributed by atoms with Gasteiger partial charge in [-0.1, -0.05) is 13.8 Å². The molecule has 0 bridgehead atoms. The van der Waals surface area contributed by atoms with Crippen molar-refractivity contribution < 1.29 is 0 Å². The minimum Gasteiger partial charge on any atom is -0.354 e. The molecule has 0 aromatic carbocycles. The maximum atomic E-state index is 4.55. The van der Waals surface area contributed by atoms with Gasteiger partial charge in [0.2, 0.25) is 0 Å². The van der Waals surface area contributed by atoms with Gasteiger partial charge in [-0.2, -0.15) is 0 Å². The van der Waals surface area contributed by atoms with Crippen LogP contribution in [0.15, 0.2) is 6.33 Å². The SMILES string of the molecule is CC1C[C@@H](C)c2c1ncnc2N1CCNCC1. The smallest absolute Gasteiger partial charge is 0.135 e. The summed E-state index contributed by atoms with van der Waals surface area (Å²) >= 11 is 0. The molecule has 0 amide bonds. The molecule has 0 radical (unpaired) electrons.